The van der Waals surface area contributed by atoms with Crippen LogP contribution in [0.4, 0.5) is 5.69 Å². The van der Waals surface area contributed by atoms with Gasteiger partial charge in [-0.05, 0) is 24.3 Å². The van der Waals surface area contributed by atoms with Gasteiger partial charge in [-0.15, -0.1) is 0 Å². The second kappa shape index (κ2) is 3.92. The van der Waals surface area contributed by atoms with Gasteiger partial charge < -0.3 is 0 Å². The Balaban J connectivity index is 2.93. The molecule has 0 aliphatic heterocycles. The minimum atomic E-state index is -0.258. The fourth-order valence-corrected chi connectivity index (χ4v) is 0.961. The summed E-state index contributed by atoms with van der Waals surface area (Å²) in [5.74, 6) is -0.258. The van der Waals surface area contributed by atoms with Crippen molar-refractivity contribution in [1.82, 2.24) is 0 Å². The first kappa shape index (κ1) is 9.56. The number of halogens is 1. The van der Waals surface area contributed by atoms with E-state index in [1.54, 1.807) is 24.3 Å². The molecule has 0 bridgehead atoms. The largest absolute Gasteiger partial charge is 0.274 e. The summed E-state index contributed by atoms with van der Waals surface area (Å²) in [6.45, 7) is 1.37. The van der Waals surface area contributed by atoms with Gasteiger partial charge in [0.25, 0.3) is 0 Å². The molecule has 66 valence electrons. The summed E-state index contributed by atoms with van der Waals surface area (Å²) < 4.78 is 1.00. The Labute approximate surface area is 81.3 Å². The van der Waals surface area contributed by atoms with E-state index in [0.717, 1.165) is 4.42 Å². The topological polar surface area (TPSA) is 44.1 Å². The van der Waals surface area contributed by atoms with E-state index in [1.165, 1.54) is 6.92 Å². The van der Waals surface area contributed by atoms with Crippen molar-refractivity contribution >= 4 is 23.4 Å². The molecule has 0 saturated carbocycles. The van der Waals surface area contributed by atoms with E-state index in [2.05, 4.69) is 0 Å². The minimum absolute atomic E-state index is 0.258. The highest BCUT2D eigenvalue weighted by molar-refractivity contribution is 6.36. The zero-order valence-corrected chi connectivity index (χ0v) is 7.75. The fourth-order valence-electron chi connectivity index (χ4n) is 0.849. The second-order valence-corrected chi connectivity index (χ2v) is 2.80. The fraction of sp³-hybridized carbons (Fsp3) is 0.111. The van der Waals surface area contributed by atoms with Crippen molar-refractivity contribution in [2.75, 3.05) is 4.42 Å². The number of benzene rings is 1. The van der Waals surface area contributed by atoms with Crippen molar-refractivity contribution in [2.45, 2.75) is 6.92 Å². The van der Waals surface area contributed by atoms with Crippen molar-refractivity contribution in [3.05, 3.63) is 29.8 Å². The van der Waals surface area contributed by atoms with Crippen LogP contribution in [0.1, 0.15) is 12.5 Å². The Morgan fingerprint density at radius 2 is 2.00 bits per heavy atom. The number of nitriles is 1. The van der Waals surface area contributed by atoms with Gasteiger partial charge in [0.15, 0.2) is 0 Å². The quantitative estimate of drug-likeness (QED) is 0.643. The monoisotopic (exact) mass is 194 g/mol. The predicted molar refractivity (Wildman–Crippen MR) is 50.2 cm³/mol. The van der Waals surface area contributed by atoms with Gasteiger partial charge in [0.2, 0.25) is 5.91 Å². The van der Waals surface area contributed by atoms with Crippen molar-refractivity contribution in [1.29, 1.82) is 5.26 Å². The van der Waals surface area contributed by atoms with Gasteiger partial charge in [-0.25, -0.2) is 4.42 Å². The Hall–Kier alpha value is -1.53. The molecule has 13 heavy (non-hydrogen) atoms. The third-order valence-electron chi connectivity index (χ3n) is 1.50. The molecule has 0 atom stereocenters. The molecular formula is C9H7ClN2O. The highest BCUT2D eigenvalue weighted by Gasteiger charge is 2.06. The number of rotatable bonds is 1. The third kappa shape index (κ3) is 2.20. The number of amides is 1. The molecule has 0 N–H and O–H groups in total. The standard InChI is InChI=1S/C9H7ClN2O/c1-7(13)12(10)9-4-2-8(6-11)3-5-9/h2-5H,1H3. The van der Waals surface area contributed by atoms with Crippen LogP contribution in [0.5, 0.6) is 0 Å². The summed E-state index contributed by atoms with van der Waals surface area (Å²) >= 11 is 5.64. The molecule has 0 aromatic heterocycles. The maximum absolute atomic E-state index is 10.8. The lowest BCUT2D eigenvalue weighted by Crippen LogP contribution is -2.16. The maximum Gasteiger partial charge on any atom is 0.238 e. The lowest BCUT2D eigenvalue weighted by Gasteiger charge is -2.10. The molecule has 0 fully saturated rings. The average molecular weight is 195 g/mol. The SMILES string of the molecule is CC(=O)N(Cl)c1ccc(C#N)cc1. The van der Waals surface area contributed by atoms with Gasteiger partial charge in [0.1, 0.15) is 0 Å². The van der Waals surface area contributed by atoms with Crippen LogP contribution >= 0.6 is 11.8 Å². The number of hydrogen-bond donors (Lipinski definition) is 0. The molecule has 0 radical (unpaired) electrons. The van der Waals surface area contributed by atoms with Crippen molar-refractivity contribution < 1.29 is 4.79 Å². The highest BCUT2D eigenvalue weighted by atomic mass is 35.5. The van der Waals surface area contributed by atoms with Gasteiger partial charge in [-0.3, -0.25) is 4.79 Å². The molecule has 0 unspecified atom stereocenters. The zero-order chi connectivity index (χ0) is 9.84. The van der Waals surface area contributed by atoms with E-state index in [4.69, 9.17) is 17.0 Å². The lowest BCUT2D eigenvalue weighted by atomic mass is 10.2. The Kier molecular flexibility index (Phi) is 2.88. The van der Waals surface area contributed by atoms with Gasteiger partial charge in [-0.2, -0.15) is 5.26 Å². The summed E-state index contributed by atoms with van der Waals surface area (Å²) in [6.07, 6.45) is 0. The number of anilines is 1. The predicted octanol–water partition coefficient (Wildman–Crippen LogP) is 2.06. The molecule has 3 nitrogen and oxygen atoms in total. The molecule has 1 aromatic rings. The van der Waals surface area contributed by atoms with Crippen LogP contribution < -0.4 is 4.42 Å². The van der Waals surface area contributed by atoms with E-state index in [0.29, 0.717) is 11.3 Å². The summed E-state index contributed by atoms with van der Waals surface area (Å²) in [7, 11) is 0. The van der Waals surface area contributed by atoms with Crippen molar-refractivity contribution in [3.8, 4) is 6.07 Å². The van der Waals surface area contributed by atoms with Gasteiger partial charge in [0.05, 0.1) is 17.3 Å². The van der Waals surface area contributed by atoms with Crippen LogP contribution in [0.3, 0.4) is 0 Å². The molecular weight excluding hydrogens is 188 g/mol. The average Bonchev–Trinajstić information content (AvgIpc) is 2.17. The van der Waals surface area contributed by atoms with Crippen LogP contribution in [0.2, 0.25) is 0 Å². The molecule has 0 aliphatic carbocycles. The number of hydrogen-bond acceptors (Lipinski definition) is 2. The molecule has 0 spiro atoms. The van der Waals surface area contributed by atoms with Crippen LogP contribution in [0, 0.1) is 11.3 Å². The Bertz CT molecular complexity index is 353. The second-order valence-electron chi connectivity index (χ2n) is 2.46. The number of nitrogens with zero attached hydrogens (tertiary/aromatic N) is 2. The molecule has 1 amide bonds. The van der Waals surface area contributed by atoms with Crippen LogP contribution in [-0.2, 0) is 4.79 Å². The van der Waals surface area contributed by atoms with Gasteiger partial charge in [0, 0.05) is 18.7 Å². The first-order valence-corrected chi connectivity index (χ1v) is 3.95. The van der Waals surface area contributed by atoms with Crippen molar-refractivity contribution in [2.24, 2.45) is 0 Å². The molecule has 0 saturated heterocycles. The van der Waals surface area contributed by atoms with Crippen LogP contribution in [-0.4, -0.2) is 5.91 Å². The summed E-state index contributed by atoms with van der Waals surface area (Å²) in [5.41, 5.74) is 1.10. The van der Waals surface area contributed by atoms with Crippen molar-refractivity contribution in [3.63, 3.8) is 0 Å². The van der Waals surface area contributed by atoms with E-state index < -0.39 is 0 Å². The molecule has 1 rings (SSSR count). The van der Waals surface area contributed by atoms with E-state index in [-0.39, 0.29) is 5.91 Å². The summed E-state index contributed by atoms with van der Waals surface area (Å²) in [4.78, 5) is 10.8. The Morgan fingerprint density at radius 3 is 2.38 bits per heavy atom. The first-order valence-electron chi connectivity index (χ1n) is 3.62. The molecule has 0 aliphatic rings. The molecule has 0 heterocycles. The highest BCUT2D eigenvalue weighted by Crippen LogP contribution is 2.16. The van der Waals surface area contributed by atoms with Crippen LogP contribution in [0.15, 0.2) is 24.3 Å². The number of carbonyl (C=O) groups is 1. The third-order valence-corrected chi connectivity index (χ3v) is 1.93. The smallest absolute Gasteiger partial charge is 0.238 e. The van der Waals surface area contributed by atoms with E-state index in [1.807, 2.05) is 6.07 Å². The molecule has 4 heteroatoms. The number of carbonyl (C=O) groups excluding carboxylic acids is 1. The Morgan fingerprint density at radius 1 is 1.46 bits per heavy atom. The van der Waals surface area contributed by atoms with Gasteiger partial charge in [-0.1, -0.05) is 0 Å². The van der Waals surface area contributed by atoms with E-state index >= 15 is 0 Å². The lowest BCUT2D eigenvalue weighted by molar-refractivity contribution is -0.115. The summed E-state index contributed by atoms with van der Waals surface area (Å²) in [6, 6.07) is 8.42. The maximum atomic E-state index is 10.8. The molecule has 1 aromatic carbocycles. The normalized spacial score (nSPS) is 9.00. The summed E-state index contributed by atoms with van der Waals surface area (Å²) in [5, 5.41) is 8.51. The van der Waals surface area contributed by atoms with Gasteiger partial charge >= 0.3 is 0 Å². The minimum Gasteiger partial charge on any atom is -0.274 e. The first-order chi connectivity index (χ1) is 6.15. The van der Waals surface area contributed by atoms with Crippen LogP contribution in [0.25, 0.3) is 0 Å². The zero-order valence-electron chi connectivity index (χ0n) is 6.99. The van der Waals surface area contributed by atoms with E-state index in [9.17, 15) is 4.79 Å².